The minimum atomic E-state index is 0.350. The van der Waals surface area contributed by atoms with Crippen LogP contribution in [0.25, 0.3) is 0 Å². The highest BCUT2D eigenvalue weighted by molar-refractivity contribution is 5.25. The van der Waals surface area contributed by atoms with Gasteiger partial charge in [0.15, 0.2) is 0 Å². The SMILES string of the molecule is CC1CN(C(C)CCc2ccc(O)cc2)CCN1. The van der Waals surface area contributed by atoms with E-state index in [0.717, 1.165) is 26.1 Å². The van der Waals surface area contributed by atoms with E-state index in [0.29, 0.717) is 17.8 Å². The summed E-state index contributed by atoms with van der Waals surface area (Å²) < 4.78 is 0. The largest absolute Gasteiger partial charge is 0.508 e. The summed E-state index contributed by atoms with van der Waals surface area (Å²) in [7, 11) is 0. The molecular formula is C15H24N2O. The van der Waals surface area contributed by atoms with E-state index in [1.165, 1.54) is 12.0 Å². The summed E-state index contributed by atoms with van der Waals surface area (Å²) in [5.74, 6) is 0.350. The number of nitrogens with zero attached hydrogens (tertiary/aromatic N) is 1. The molecule has 18 heavy (non-hydrogen) atoms. The summed E-state index contributed by atoms with van der Waals surface area (Å²) in [6.07, 6.45) is 2.26. The maximum Gasteiger partial charge on any atom is 0.115 e. The van der Waals surface area contributed by atoms with Crippen molar-refractivity contribution in [2.75, 3.05) is 19.6 Å². The number of nitrogens with one attached hydrogen (secondary N) is 1. The van der Waals surface area contributed by atoms with Crippen molar-refractivity contribution in [2.45, 2.75) is 38.8 Å². The van der Waals surface area contributed by atoms with Crippen LogP contribution in [-0.4, -0.2) is 41.7 Å². The molecule has 1 saturated heterocycles. The van der Waals surface area contributed by atoms with Crippen LogP contribution in [0, 0.1) is 0 Å². The first-order valence-electron chi connectivity index (χ1n) is 6.90. The molecule has 2 N–H and O–H groups in total. The highest BCUT2D eigenvalue weighted by Crippen LogP contribution is 2.14. The average Bonchev–Trinajstić information content (AvgIpc) is 2.38. The Kier molecular flexibility index (Phi) is 4.61. The van der Waals surface area contributed by atoms with Gasteiger partial charge in [0.2, 0.25) is 0 Å². The molecule has 1 aliphatic heterocycles. The molecule has 0 saturated carbocycles. The Morgan fingerprint density at radius 2 is 2.11 bits per heavy atom. The molecule has 1 fully saturated rings. The van der Waals surface area contributed by atoms with Crippen LogP contribution < -0.4 is 5.32 Å². The van der Waals surface area contributed by atoms with Gasteiger partial charge in [0.05, 0.1) is 0 Å². The molecule has 2 rings (SSSR count). The number of rotatable bonds is 4. The van der Waals surface area contributed by atoms with E-state index in [9.17, 15) is 5.11 Å². The lowest BCUT2D eigenvalue weighted by molar-refractivity contribution is 0.152. The van der Waals surface area contributed by atoms with Gasteiger partial charge >= 0.3 is 0 Å². The van der Waals surface area contributed by atoms with E-state index < -0.39 is 0 Å². The number of phenols is 1. The third kappa shape index (κ3) is 3.72. The molecule has 0 bridgehead atoms. The van der Waals surface area contributed by atoms with Crippen LogP contribution in [0.15, 0.2) is 24.3 Å². The summed E-state index contributed by atoms with van der Waals surface area (Å²) in [5.41, 5.74) is 1.31. The van der Waals surface area contributed by atoms with Crippen LogP contribution in [0.3, 0.4) is 0 Å². The zero-order valence-electron chi connectivity index (χ0n) is 11.4. The predicted octanol–water partition coefficient (Wildman–Crippen LogP) is 2.01. The van der Waals surface area contributed by atoms with Crippen LogP contribution in [0.4, 0.5) is 0 Å². The predicted molar refractivity (Wildman–Crippen MR) is 74.9 cm³/mol. The van der Waals surface area contributed by atoms with Crippen molar-refractivity contribution in [3.05, 3.63) is 29.8 Å². The van der Waals surface area contributed by atoms with E-state index in [4.69, 9.17) is 0 Å². The number of benzene rings is 1. The Bertz CT molecular complexity index is 363. The van der Waals surface area contributed by atoms with Crippen LogP contribution in [-0.2, 0) is 6.42 Å². The second kappa shape index (κ2) is 6.21. The van der Waals surface area contributed by atoms with Gasteiger partial charge < -0.3 is 10.4 Å². The number of aryl methyl sites for hydroxylation is 1. The molecule has 2 unspecified atom stereocenters. The zero-order chi connectivity index (χ0) is 13.0. The molecule has 1 aromatic rings. The van der Waals surface area contributed by atoms with Gasteiger partial charge in [-0.25, -0.2) is 0 Å². The molecule has 3 heteroatoms. The molecule has 0 amide bonds. The second-order valence-electron chi connectivity index (χ2n) is 5.40. The number of piperazine rings is 1. The van der Waals surface area contributed by atoms with Crippen molar-refractivity contribution in [1.82, 2.24) is 10.2 Å². The van der Waals surface area contributed by atoms with Crippen molar-refractivity contribution in [3.8, 4) is 5.75 Å². The van der Waals surface area contributed by atoms with Gasteiger partial charge in [-0.15, -0.1) is 0 Å². The van der Waals surface area contributed by atoms with E-state index in [2.05, 4.69) is 24.1 Å². The van der Waals surface area contributed by atoms with Gasteiger partial charge in [0.1, 0.15) is 5.75 Å². The number of phenolic OH excluding ortho intramolecular Hbond substituents is 1. The Morgan fingerprint density at radius 1 is 1.39 bits per heavy atom. The topological polar surface area (TPSA) is 35.5 Å². The van der Waals surface area contributed by atoms with Crippen molar-refractivity contribution in [2.24, 2.45) is 0 Å². The zero-order valence-corrected chi connectivity index (χ0v) is 11.4. The fraction of sp³-hybridized carbons (Fsp3) is 0.600. The number of hydrogen-bond acceptors (Lipinski definition) is 3. The van der Waals surface area contributed by atoms with Gasteiger partial charge in [-0.05, 0) is 44.4 Å². The fourth-order valence-electron chi connectivity index (χ4n) is 2.58. The normalized spacial score (nSPS) is 22.9. The number of hydrogen-bond donors (Lipinski definition) is 2. The molecule has 1 aliphatic rings. The van der Waals surface area contributed by atoms with Gasteiger partial charge in [0, 0.05) is 31.7 Å². The number of aromatic hydroxyl groups is 1. The summed E-state index contributed by atoms with van der Waals surface area (Å²) in [4.78, 5) is 2.57. The van der Waals surface area contributed by atoms with Crippen LogP contribution in [0.2, 0.25) is 0 Å². The molecule has 1 aromatic carbocycles. The third-order valence-corrected chi connectivity index (χ3v) is 3.81. The maximum atomic E-state index is 9.25. The lowest BCUT2D eigenvalue weighted by Gasteiger charge is -2.36. The van der Waals surface area contributed by atoms with E-state index in [1.54, 1.807) is 12.1 Å². The molecular weight excluding hydrogens is 224 g/mol. The molecule has 1 heterocycles. The lowest BCUT2D eigenvalue weighted by Crippen LogP contribution is -2.52. The molecule has 0 aromatic heterocycles. The molecule has 100 valence electrons. The van der Waals surface area contributed by atoms with Gasteiger partial charge in [-0.2, -0.15) is 0 Å². The van der Waals surface area contributed by atoms with Crippen molar-refractivity contribution in [3.63, 3.8) is 0 Å². The first kappa shape index (κ1) is 13.4. The molecule has 0 radical (unpaired) electrons. The van der Waals surface area contributed by atoms with Crippen molar-refractivity contribution in [1.29, 1.82) is 0 Å². The highest BCUT2D eigenvalue weighted by Gasteiger charge is 2.19. The Morgan fingerprint density at radius 3 is 2.78 bits per heavy atom. The summed E-state index contributed by atoms with van der Waals surface area (Å²) >= 11 is 0. The summed E-state index contributed by atoms with van der Waals surface area (Å²) in [6.45, 7) is 7.97. The quantitative estimate of drug-likeness (QED) is 0.855. The first-order valence-corrected chi connectivity index (χ1v) is 6.90. The minimum Gasteiger partial charge on any atom is -0.508 e. The van der Waals surface area contributed by atoms with Crippen LogP contribution >= 0.6 is 0 Å². The summed E-state index contributed by atoms with van der Waals surface area (Å²) in [6, 6.07) is 8.81. The standard InChI is InChI=1S/C15H24N2O/c1-12-11-17(10-9-16-12)13(2)3-4-14-5-7-15(18)8-6-14/h5-8,12-13,16,18H,3-4,9-11H2,1-2H3. The molecule has 3 nitrogen and oxygen atoms in total. The monoisotopic (exact) mass is 248 g/mol. The maximum absolute atomic E-state index is 9.25. The van der Waals surface area contributed by atoms with Crippen LogP contribution in [0.5, 0.6) is 5.75 Å². The first-order chi connectivity index (χ1) is 8.65. The van der Waals surface area contributed by atoms with E-state index in [1.807, 2.05) is 12.1 Å². The lowest BCUT2D eigenvalue weighted by atomic mass is 10.0. The van der Waals surface area contributed by atoms with Crippen molar-refractivity contribution < 1.29 is 5.11 Å². The van der Waals surface area contributed by atoms with Gasteiger partial charge in [-0.1, -0.05) is 12.1 Å². The van der Waals surface area contributed by atoms with E-state index in [-0.39, 0.29) is 0 Å². The van der Waals surface area contributed by atoms with Crippen molar-refractivity contribution >= 4 is 0 Å². The van der Waals surface area contributed by atoms with Gasteiger partial charge in [-0.3, -0.25) is 4.90 Å². The smallest absolute Gasteiger partial charge is 0.115 e. The minimum absolute atomic E-state index is 0.350. The van der Waals surface area contributed by atoms with Gasteiger partial charge in [0.25, 0.3) is 0 Å². The Balaban J connectivity index is 1.80. The summed E-state index contributed by atoms with van der Waals surface area (Å²) in [5, 5.41) is 12.7. The Hall–Kier alpha value is -1.06. The average molecular weight is 248 g/mol. The van der Waals surface area contributed by atoms with E-state index >= 15 is 0 Å². The van der Waals surface area contributed by atoms with Crippen LogP contribution in [0.1, 0.15) is 25.8 Å². The molecule has 2 atom stereocenters. The fourth-order valence-corrected chi connectivity index (χ4v) is 2.58. The molecule has 0 aliphatic carbocycles. The highest BCUT2D eigenvalue weighted by atomic mass is 16.3. The second-order valence-corrected chi connectivity index (χ2v) is 5.40. The Labute approximate surface area is 110 Å². The molecule has 0 spiro atoms. The third-order valence-electron chi connectivity index (χ3n) is 3.81.